The lowest BCUT2D eigenvalue weighted by molar-refractivity contribution is -0.384. The summed E-state index contributed by atoms with van der Waals surface area (Å²) in [6.45, 7) is 4.04. The molecule has 1 heterocycles. The van der Waals surface area contributed by atoms with Gasteiger partial charge >= 0.3 is 0 Å². The number of ketones is 1. The van der Waals surface area contributed by atoms with E-state index in [0.717, 1.165) is 5.56 Å². The lowest BCUT2D eigenvalue weighted by Gasteiger charge is -2.11. The molecule has 2 aromatic rings. The zero-order valence-corrected chi connectivity index (χ0v) is 12.9. The average Bonchev–Trinajstić information content (AvgIpc) is 2.54. The van der Waals surface area contributed by atoms with Crippen molar-refractivity contribution in [1.82, 2.24) is 4.98 Å². The SMILES string of the molecule is CCOc1ncccc1CNc1ccc(C(C)=O)cc1[N+](=O)[O-]. The molecule has 23 heavy (non-hydrogen) atoms. The molecule has 1 aromatic carbocycles. The summed E-state index contributed by atoms with van der Waals surface area (Å²) in [4.78, 5) is 26.2. The summed E-state index contributed by atoms with van der Waals surface area (Å²) in [6.07, 6.45) is 1.62. The topological polar surface area (TPSA) is 94.4 Å². The number of nitrogens with one attached hydrogen (secondary N) is 1. The molecule has 1 N–H and O–H groups in total. The third-order valence-corrected chi connectivity index (χ3v) is 3.20. The van der Waals surface area contributed by atoms with E-state index in [1.165, 1.54) is 19.1 Å². The van der Waals surface area contributed by atoms with Crippen LogP contribution in [0.3, 0.4) is 0 Å². The van der Waals surface area contributed by atoms with Crippen molar-refractivity contribution in [3.8, 4) is 5.88 Å². The number of anilines is 1. The maximum Gasteiger partial charge on any atom is 0.293 e. The van der Waals surface area contributed by atoms with Crippen LogP contribution in [-0.2, 0) is 6.54 Å². The molecule has 0 radical (unpaired) electrons. The number of Topliss-reactive ketones (excluding diaryl/α,β-unsaturated/α-hetero) is 1. The summed E-state index contributed by atoms with van der Waals surface area (Å²) in [5, 5.41) is 14.2. The number of nitro groups is 1. The van der Waals surface area contributed by atoms with E-state index in [1.54, 1.807) is 18.3 Å². The lowest BCUT2D eigenvalue weighted by atomic mass is 10.1. The predicted octanol–water partition coefficient (Wildman–Crippen LogP) is 3.20. The van der Waals surface area contributed by atoms with Crippen molar-refractivity contribution in [1.29, 1.82) is 0 Å². The molecular weight excluding hydrogens is 298 g/mol. The van der Waals surface area contributed by atoms with Crippen LogP contribution in [0.5, 0.6) is 5.88 Å². The van der Waals surface area contributed by atoms with Gasteiger partial charge in [-0.25, -0.2) is 4.98 Å². The number of nitro benzene ring substituents is 1. The second kappa shape index (κ2) is 7.35. The van der Waals surface area contributed by atoms with Gasteiger partial charge in [0.15, 0.2) is 5.78 Å². The van der Waals surface area contributed by atoms with Crippen LogP contribution in [0.15, 0.2) is 36.5 Å². The second-order valence-corrected chi connectivity index (χ2v) is 4.80. The summed E-state index contributed by atoms with van der Waals surface area (Å²) in [5.74, 6) is 0.274. The molecule has 0 aliphatic heterocycles. The van der Waals surface area contributed by atoms with Gasteiger partial charge in [-0.15, -0.1) is 0 Å². The van der Waals surface area contributed by atoms with E-state index >= 15 is 0 Å². The van der Waals surface area contributed by atoms with Crippen molar-refractivity contribution in [2.45, 2.75) is 20.4 Å². The molecule has 0 saturated heterocycles. The number of nitrogens with zero attached hydrogens (tertiary/aromatic N) is 2. The first-order valence-corrected chi connectivity index (χ1v) is 7.13. The van der Waals surface area contributed by atoms with Gasteiger partial charge in [-0.2, -0.15) is 0 Å². The zero-order valence-electron chi connectivity index (χ0n) is 12.9. The first kappa shape index (κ1) is 16.4. The summed E-state index contributed by atoms with van der Waals surface area (Å²) in [7, 11) is 0. The van der Waals surface area contributed by atoms with E-state index in [9.17, 15) is 14.9 Å². The average molecular weight is 315 g/mol. The van der Waals surface area contributed by atoms with Crippen LogP contribution < -0.4 is 10.1 Å². The number of pyridine rings is 1. The summed E-state index contributed by atoms with van der Waals surface area (Å²) >= 11 is 0. The van der Waals surface area contributed by atoms with Gasteiger partial charge in [0.1, 0.15) is 5.69 Å². The van der Waals surface area contributed by atoms with Gasteiger partial charge in [-0.05, 0) is 32.0 Å². The number of ether oxygens (including phenoxy) is 1. The number of aromatic nitrogens is 1. The van der Waals surface area contributed by atoms with E-state index < -0.39 is 4.92 Å². The van der Waals surface area contributed by atoms with Gasteiger partial charge in [-0.1, -0.05) is 6.07 Å². The molecule has 0 aliphatic carbocycles. The minimum atomic E-state index is -0.512. The highest BCUT2D eigenvalue weighted by Crippen LogP contribution is 2.27. The van der Waals surface area contributed by atoms with Gasteiger partial charge in [0.2, 0.25) is 5.88 Å². The Balaban J connectivity index is 2.24. The molecule has 0 saturated carbocycles. The quantitative estimate of drug-likeness (QED) is 0.479. The maximum atomic E-state index is 11.4. The molecule has 0 aliphatic rings. The second-order valence-electron chi connectivity index (χ2n) is 4.80. The fraction of sp³-hybridized carbons (Fsp3) is 0.250. The number of hydrogen-bond donors (Lipinski definition) is 1. The highest BCUT2D eigenvalue weighted by molar-refractivity contribution is 5.95. The Kier molecular flexibility index (Phi) is 5.24. The maximum absolute atomic E-state index is 11.4. The predicted molar refractivity (Wildman–Crippen MR) is 85.8 cm³/mol. The van der Waals surface area contributed by atoms with Crippen LogP contribution in [0.25, 0.3) is 0 Å². The first-order valence-electron chi connectivity index (χ1n) is 7.13. The molecule has 0 bridgehead atoms. The molecule has 1 aromatic heterocycles. The monoisotopic (exact) mass is 315 g/mol. The Bertz CT molecular complexity index is 731. The van der Waals surface area contributed by atoms with E-state index in [4.69, 9.17) is 4.74 Å². The zero-order chi connectivity index (χ0) is 16.8. The minimum Gasteiger partial charge on any atom is -0.478 e. The van der Waals surface area contributed by atoms with E-state index in [0.29, 0.717) is 30.3 Å². The molecule has 0 fully saturated rings. The Morgan fingerprint density at radius 3 is 2.83 bits per heavy atom. The molecular formula is C16H17N3O4. The molecule has 7 heteroatoms. The normalized spacial score (nSPS) is 10.2. The standard InChI is InChI=1S/C16H17N3O4/c1-3-23-16-13(5-4-8-17-16)10-18-14-7-6-12(11(2)20)9-15(14)19(21)22/h4-9,18H,3,10H2,1-2H3. The molecule has 7 nitrogen and oxygen atoms in total. The number of carbonyl (C=O) groups is 1. The van der Waals surface area contributed by atoms with Crippen LogP contribution in [0.4, 0.5) is 11.4 Å². The van der Waals surface area contributed by atoms with Crippen molar-refractivity contribution in [3.05, 3.63) is 57.8 Å². The molecule has 120 valence electrons. The van der Waals surface area contributed by atoms with Gasteiger partial charge in [-0.3, -0.25) is 14.9 Å². The lowest BCUT2D eigenvalue weighted by Crippen LogP contribution is -2.07. The Hall–Kier alpha value is -2.96. The summed E-state index contributed by atoms with van der Waals surface area (Å²) in [6, 6.07) is 7.97. The van der Waals surface area contributed by atoms with Crippen LogP contribution in [0.2, 0.25) is 0 Å². The number of hydrogen-bond acceptors (Lipinski definition) is 6. The molecule has 0 amide bonds. The van der Waals surface area contributed by atoms with Crippen LogP contribution in [0.1, 0.15) is 29.8 Å². The van der Waals surface area contributed by atoms with Crippen molar-refractivity contribution < 1.29 is 14.5 Å². The molecule has 2 rings (SSSR count). The van der Waals surface area contributed by atoms with Crippen molar-refractivity contribution >= 4 is 17.2 Å². The third-order valence-electron chi connectivity index (χ3n) is 3.20. The van der Waals surface area contributed by atoms with E-state index in [-0.39, 0.29) is 11.5 Å². The van der Waals surface area contributed by atoms with E-state index in [2.05, 4.69) is 10.3 Å². The van der Waals surface area contributed by atoms with Crippen molar-refractivity contribution in [2.24, 2.45) is 0 Å². The Morgan fingerprint density at radius 2 is 2.17 bits per heavy atom. The van der Waals surface area contributed by atoms with Gasteiger partial charge in [0.05, 0.1) is 11.5 Å². The highest BCUT2D eigenvalue weighted by Gasteiger charge is 2.16. The van der Waals surface area contributed by atoms with Crippen molar-refractivity contribution in [3.63, 3.8) is 0 Å². The number of carbonyl (C=O) groups excluding carboxylic acids is 1. The molecule has 0 atom stereocenters. The smallest absolute Gasteiger partial charge is 0.293 e. The van der Waals surface area contributed by atoms with Crippen LogP contribution in [-0.4, -0.2) is 22.3 Å². The minimum absolute atomic E-state index is 0.139. The highest BCUT2D eigenvalue weighted by atomic mass is 16.6. The van der Waals surface area contributed by atoms with Crippen LogP contribution in [0, 0.1) is 10.1 Å². The fourth-order valence-corrected chi connectivity index (χ4v) is 2.07. The van der Waals surface area contributed by atoms with Crippen molar-refractivity contribution in [2.75, 3.05) is 11.9 Å². The first-order chi connectivity index (χ1) is 11.0. The largest absolute Gasteiger partial charge is 0.478 e. The van der Waals surface area contributed by atoms with Gasteiger partial charge < -0.3 is 10.1 Å². The molecule has 0 unspecified atom stereocenters. The van der Waals surface area contributed by atoms with Crippen LogP contribution >= 0.6 is 0 Å². The summed E-state index contributed by atoms with van der Waals surface area (Å²) < 4.78 is 5.42. The van der Waals surface area contributed by atoms with E-state index in [1.807, 2.05) is 13.0 Å². The third kappa shape index (κ3) is 4.03. The fourth-order valence-electron chi connectivity index (χ4n) is 2.07. The molecule has 0 spiro atoms. The Morgan fingerprint density at radius 1 is 1.39 bits per heavy atom. The number of rotatable bonds is 7. The van der Waals surface area contributed by atoms with Gasteiger partial charge in [0, 0.05) is 29.9 Å². The Labute approximate surface area is 133 Å². The van der Waals surface area contributed by atoms with Gasteiger partial charge in [0.25, 0.3) is 5.69 Å². The number of benzene rings is 1. The summed E-state index contributed by atoms with van der Waals surface area (Å²) in [5.41, 5.74) is 1.30.